The molecular formula is C14H21N3O2S. The first-order valence-electron chi connectivity index (χ1n) is 6.96. The average molecular weight is 295 g/mol. The maximum Gasteiger partial charge on any atom is 0.264 e. The van der Waals surface area contributed by atoms with Crippen molar-refractivity contribution in [3.63, 3.8) is 0 Å². The quantitative estimate of drug-likeness (QED) is 0.907. The van der Waals surface area contributed by atoms with Crippen molar-refractivity contribution in [3.05, 3.63) is 15.6 Å². The van der Waals surface area contributed by atoms with Gasteiger partial charge in [-0.1, -0.05) is 25.9 Å². The number of nitrogens with one attached hydrogen (secondary N) is 1. The summed E-state index contributed by atoms with van der Waals surface area (Å²) in [5.74, 6) is 0.223. The topological polar surface area (TPSA) is 63.6 Å². The molecule has 0 saturated heterocycles. The lowest BCUT2D eigenvalue weighted by molar-refractivity contribution is -0.131. The Bertz CT molecular complexity index is 522. The Morgan fingerprint density at radius 3 is 2.90 bits per heavy atom. The van der Waals surface area contributed by atoms with Gasteiger partial charge in [0.15, 0.2) is 0 Å². The molecule has 1 aliphatic rings. The third kappa shape index (κ3) is 3.36. The maximum atomic E-state index is 12.1. The summed E-state index contributed by atoms with van der Waals surface area (Å²) >= 11 is 1.63. The van der Waals surface area contributed by atoms with E-state index in [0.29, 0.717) is 18.9 Å². The van der Waals surface area contributed by atoms with Gasteiger partial charge in [0.2, 0.25) is 6.10 Å². The maximum absolute atomic E-state index is 12.1. The van der Waals surface area contributed by atoms with Crippen LogP contribution in [0.5, 0.6) is 0 Å². The number of carbonyl (C=O) groups is 1. The van der Waals surface area contributed by atoms with E-state index in [1.807, 2.05) is 6.92 Å². The second-order valence-electron chi connectivity index (χ2n) is 5.21. The molecule has 0 aromatic carbocycles. The molecule has 0 aliphatic carbocycles. The van der Waals surface area contributed by atoms with Crippen LogP contribution in [-0.2, 0) is 22.6 Å². The van der Waals surface area contributed by atoms with Crippen molar-refractivity contribution in [2.75, 3.05) is 0 Å². The second-order valence-corrected chi connectivity index (χ2v) is 6.50. The Balaban J connectivity index is 1.87. The summed E-state index contributed by atoms with van der Waals surface area (Å²) in [5.41, 5.74) is 2.02. The predicted octanol–water partition coefficient (Wildman–Crippen LogP) is 2.43. The lowest BCUT2D eigenvalue weighted by Gasteiger charge is -2.09. The van der Waals surface area contributed by atoms with Gasteiger partial charge in [-0.2, -0.15) is 0 Å². The number of aromatic nitrogens is 1. The molecule has 0 fully saturated rings. The minimum atomic E-state index is -0.480. The predicted molar refractivity (Wildman–Crippen MR) is 79.8 cm³/mol. The van der Waals surface area contributed by atoms with Crippen LogP contribution in [0, 0.1) is 12.8 Å². The first-order chi connectivity index (χ1) is 9.51. The molecule has 0 radical (unpaired) electrons. The zero-order valence-electron chi connectivity index (χ0n) is 12.4. The number of hydrogen-bond donors (Lipinski definition) is 1. The lowest BCUT2D eigenvalue weighted by atomic mass is 10.0. The number of hydrogen-bond acceptors (Lipinski definition) is 5. The molecule has 1 aromatic heterocycles. The standard InChI is InChI=1S/C14H21N3O2S/c1-5-10-13(20-9(4)16-10)7-15-14(18)12-6-11(8(2)3)17-19-12/h8,12H,5-7H2,1-4H3,(H,15,18)/t12-/m0/s1. The van der Waals surface area contributed by atoms with Gasteiger partial charge in [0.05, 0.1) is 23.0 Å². The largest absolute Gasteiger partial charge is 0.382 e. The minimum absolute atomic E-state index is 0.0995. The summed E-state index contributed by atoms with van der Waals surface area (Å²) in [5, 5.41) is 7.93. The van der Waals surface area contributed by atoms with Crippen LogP contribution in [-0.4, -0.2) is 22.7 Å². The van der Waals surface area contributed by atoms with Gasteiger partial charge in [-0.05, 0) is 19.3 Å². The molecule has 0 spiro atoms. The minimum Gasteiger partial charge on any atom is -0.382 e. The number of thiazole rings is 1. The van der Waals surface area contributed by atoms with E-state index in [2.05, 4.69) is 36.2 Å². The lowest BCUT2D eigenvalue weighted by Crippen LogP contribution is -2.34. The van der Waals surface area contributed by atoms with Crippen LogP contribution in [0.1, 0.15) is 42.8 Å². The van der Waals surface area contributed by atoms with Crippen LogP contribution >= 0.6 is 11.3 Å². The van der Waals surface area contributed by atoms with Gasteiger partial charge in [0, 0.05) is 11.3 Å². The normalized spacial score (nSPS) is 18.1. The Labute approximate surface area is 123 Å². The molecule has 2 rings (SSSR count). The Hall–Kier alpha value is -1.43. The molecule has 1 atom stereocenters. The number of carbonyl (C=O) groups excluding carboxylic acids is 1. The first-order valence-corrected chi connectivity index (χ1v) is 7.78. The van der Waals surface area contributed by atoms with E-state index in [1.54, 1.807) is 11.3 Å². The van der Waals surface area contributed by atoms with E-state index in [9.17, 15) is 4.79 Å². The van der Waals surface area contributed by atoms with Gasteiger partial charge in [-0.25, -0.2) is 4.98 Å². The van der Waals surface area contributed by atoms with Crippen molar-refractivity contribution < 1.29 is 9.63 Å². The van der Waals surface area contributed by atoms with Crippen molar-refractivity contribution in [2.45, 2.75) is 53.2 Å². The van der Waals surface area contributed by atoms with Crippen LogP contribution in [0.25, 0.3) is 0 Å². The van der Waals surface area contributed by atoms with E-state index < -0.39 is 6.10 Å². The van der Waals surface area contributed by atoms with Crippen LogP contribution in [0.4, 0.5) is 0 Å². The highest BCUT2D eigenvalue weighted by atomic mass is 32.1. The number of oxime groups is 1. The molecular weight excluding hydrogens is 274 g/mol. The smallest absolute Gasteiger partial charge is 0.264 e. The SMILES string of the molecule is CCc1nc(C)sc1CNC(=O)[C@@H]1CC(C(C)C)=NO1. The third-order valence-electron chi connectivity index (χ3n) is 3.29. The zero-order chi connectivity index (χ0) is 14.7. The number of nitrogens with zero attached hydrogens (tertiary/aromatic N) is 2. The van der Waals surface area contributed by atoms with Gasteiger partial charge in [-0.15, -0.1) is 11.3 Å². The summed E-state index contributed by atoms with van der Waals surface area (Å²) in [6.07, 6.45) is 0.994. The van der Waals surface area contributed by atoms with Gasteiger partial charge < -0.3 is 10.2 Å². The van der Waals surface area contributed by atoms with Gasteiger partial charge in [0.25, 0.3) is 5.91 Å². The van der Waals surface area contributed by atoms with Gasteiger partial charge in [-0.3, -0.25) is 4.79 Å². The Morgan fingerprint density at radius 2 is 2.30 bits per heavy atom. The van der Waals surface area contributed by atoms with Crippen molar-refractivity contribution in [1.29, 1.82) is 0 Å². The van der Waals surface area contributed by atoms with Crippen molar-refractivity contribution in [1.82, 2.24) is 10.3 Å². The molecule has 5 nitrogen and oxygen atoms in total. The number of aryl methyl sites for hydroxylation is 2. The number of rotatable bonds is 5. The van der Waals surface area contributed by atoms with Crippen LogP contribution < -0.4 is 5.32 Å². The van der Waals surface area contributed by atoms with Crippen LogP contribution in [0.3, 0.4) is 0 Å². The van der Waals surface area contributed by atoms with Gasteiger partial charge in [0.1, 0.15) is 0 Å². The summed E-state index contributed by atoms with van der Waals surface area (Å²) in [6, 6.07) is 0. The van der Waals surface area contributed by atoms with Gasteiger partial charge >= 0.3 is 0 Å². The first kappa shape index (κ1) is 15.0. The molecule has 0 unspecified atom stereocenters. The molecule has 1 aromatic rings. The molecule has 2 heterocycles. The third-order valence-corrected chi connectivity index (χ3v) is 4.31. The molecule has 110 valence electrons. The molecule has 20 heavy (non-hydrogen) atoms. The highest BCUT2D eigenvalue weighted by Crippen LogP contribution is 2.19. The fraction of sp³-hybridized carbons (Fsp3) is 0.643. The summed E-state index contributed by atoms with van der Waals surface area (Å²) < 4.78 is 0. The van der Waals surface area contributed by atoms with Crippen molar-refractivity contribution in [3.8, 4) is 0 Å². The summed E-state index contributed by atoms with van der Waals surface area (Å²) in [4.78, 5) is 22.8. The fourth-order valence-corrected chi connectivity index (χ4v) is 3.05. The molecule has 1 aliphatic heterocycles. The average Bonchev–Trinajstić information content (AvgIpc) is 3.02. The molecule has 6 heteroatoms. The highest BCUT2D eigenvalue weighted by molar-refractivity contribution is 7.11. The monoisotopic (exact) mass is 295 g/mol. The highest BCUT2D eigenvalue weighted by Gasteiger charge is 2.29. The van der Waals surface area contributed by atoms with Crippen LogP contribution in [0.15, 0.2) is 5.16 Å². The zero-order valence-corrected chi connectivity index (χ0v) is 13.2. The van der Waals surface area contributed by atoms with Crippen molar-refractivity contribution in [2.24, 2.45) is 11.1 Å². The van der Waals surface area contributed by atoms with E-state index >= 15 is 0 Å². The Kier molecular flexibility index (Phi) is 4.75. The van der Waals surface area contributed by atoms with Crippen molar-refractivity contribution >= 4 is 23.0 Å². The summed E-state index contributed by atoms with van der Waals surface area (Å²) in [7, 11) is 0. The summed E-state index contributed by atoms with van der Waals surface area (Å²) in [6.45, 7) is 8.68. The molecule has 0 bridgehead atoms. The molecule has 1 amide bonds. The van der Waals surface area contributed by atoms with E-state index in [-0.39, 0.29) is 5.91 Å². The van der Waals surface area contributed by atoms with E-state index in [1.165, 1.54) is 0 Å². The van der Waals surface area contributed by atoms with E-state index in [0.717, 1.165) is 27.7 Å². The van der Waals surface area contributed by atoms with E-state index in [4.69, 9.17) is 4.84 Å². The van der Waals surface area contributed by atoms with Crippen LogP contribution in [0.2, 0.25) is 0 Å². The molecule has 0 saturated carbocycles. The Morgan fingerprint density at radius 1 is 1.55 bits per heavy atom. The fourth-order valence-electron chi connectivity index (χ4n) is 2.09. The number of amides is 1. The molecule has 1 N–H and O–H groups in total. The second kappa shape index (κ2) is 6.35.